The minimum Gasteiger partial charge on any atom is -0.483 e. The van der Waals surface area contributed by atoms with E-state index in [0.29, 0.717) is 58.5 Å². The minimum absolute atomic E-state index is 0.0408. The van der Waals surface area contributed by atoms with Crippen molar-refractivity contribution in [2.45, 2.75) is 58.7 Å². The quantitative estimate of drug-likeness (QED) is 0.135. The van der Waals surface area contributed by atoms with E-state index in [-0.39, 0.29) is 57.6 Å². The van der Waals surface area contributed by atoms with Gasteiger partial charge in [0, 0.05) is 75.7 Å². The zero-order valence-corrected chi connectivity index (χ0v) is 34.9. The fraction of sp³-hybridized carbons (Fsp3) is 0.462. The van der Waals surface area contributed by atoms with Gasteiger partial charge in [-0.25, -0.2) is 18.6 Å². The standard InChI is InChI=1S/C33H38ClF2N7O4.C3H3F3O2.C2H6.CH2O2/c1-5-6-28(44)41-11-13-42(14-12-41)33(46)23-8-7-21(17-26(23)34)39-32(45)31-37-19-27(40(31)3)24-10-9-22(29(35)30(24)36)25-18-38-43(20(25)2)15-16-47-4;1-8-2(7)3(4,5)6;1-2;2-1-3/h7-10,17-20,25H,5-6,11-16H2,1-4H3,(H,39,45);1H3;1-2H3;1H,(H,2,3). The van der Waals surface area contributed by atoms with Crippen LogP contribution in [-0.2, 0) is 30.9 Å². The predicted molar refractivity (Wildman–Crippen MR) is 213 cm³/mol. The van der Waals surface area contributed by atoms with Gasteiger partial charge in [-0.1, -0.05) is 38.4 Å². The number of esters is 1. The maximum atomic E-state index is 15.5. The number of ether oxygens (including phenoxy) is 2. The SMILES string of the molecule is CC.CCCC(=O)N1CCN(C(=O)c2ccc(NC(=O)c3ncc(-c4ccc(C5C=NN(CCOC)C5C)c(F)c4F)n3C)cc2Cl)CC1.COC(=O)C(F)(F)F.O=CO. The van der Waals surface area contributed by atoms with E-state index >= 15 is 8.78 Å². The average Bonchev–Trinajstić information content (AvgIpc) is 3.79. The number of aromatic nitrogens is 2. The monoisotopic (exact) mass is 873 g/mol. The molecule has 2 aliphatic rings. The number of amides is 3. The Hall–Kier alpha value is -5.63. The van der Waals surface area contributed by atoms with Crippen molar-refractivity contribution in [3.05, 3.63) is 70.1 Å². The number of carbonyl (C=O) groups excluding carboxylic acids is 4. The number of methoxy groups -OCH3 is 2. The van der Waals surface area contributed by atoms with E-state index in [4.69, 9.17) is 26.2 Å². The fourth-order valence-electron chi connectivity index (χ4n) is 6.02. The number of carboxylic acid groups (broad SMARTS) is 1. The summed E-state index contributed by atoms with van der Waals surface area (Å²) < 4.78 is 73.6. The van der Waals surface area contributed by atoms with Crippen LogP contribution in [0.1, 0.15) is 73.0 Å². The van der Waals surface area contributed by atoms with Crippen molar-refractivity contribution in [3.63, 3.8) is 0 Å². The molecule has 1 saturated heterocycles. The van der Waals surface area contributed by atoms with Gasteiger partial charge in [0.2, 0.25) is 5.91 Å². The highest BCUT2D eigenvalue weighted by Gasteiger charge is 2.40. The van der Waals surface area contributed by atoms with Crippen LogP contribution in [0.3, 0.4) is 0 Å². The molecule has 3 heterocycles. The molecule has 15 nitrogen and oxygen atoms in total. The van der Waals surface area contributed by atoms with E-state index in [9.17, 15) is 32.3 Å². The summed E-state index contributed by atoms with van der Waals surface area (Å²) >= 11 is 6.46. The lowest BCUT2D eigenvalue weighted by molar-refractivity contribution is -0.196. The van der Waals surface area contributed by atoms with E-state index in [1.165, 1.54) is 42.1 Å². The van der Waals surface area contributed by atoms with E-state index in [2.05, 4.69) is 20.1 Å². The third kappa shape index (κ3) is 12.9. The van der Waals surface area contributed by atoms with Gasteiger partial charge in [0.05, 0.1) is 48.8 Å². The second-order valence-electron chi connectivity index (χ2n) is 12.7. The van der Waals surface area contributed by atoms with Gasteiger partial charge in [0.15, 0.2) is 17.5 Å². The van der Waals surface area contributed by atoms with Gasteiger partial charge in [-0.05, 0) is 37.6 Å². The third-order valence-corrected chi connectivity index (χ3v) is 9.40. The first-order valence-corrected chi connectivity index (χ1v) is 19.0. The highest BCUT2D eigenvalue weighted by molar-refractivity contribution is 6.34. The second-order valence-corrected chi connectivity index (χ2v) is 13.1. The summed E-state index contributed by atoms with van der Waals surface area (Å²) in [7, 11) is 3.80. The topological polar surface area (TPSA) is 176 Å². The molecule has 1 aromatic heterocycles. The molecule has 2 aromatic carbocycles. The summed E-state index contributed by atoms with van der Waals surface area (Å²) in [6.07, 6.45) is -0.675. The average molecular weight is 874 g/mol. The number of nitrogens with one attached hydrogen (secondary N) is 1. The molecule has 2 atom stereocenters. The van der Waals surface area contributed by atoms with E-state index in [1.54, 1.807) is 34.2 Å². The molecule has 0 radical (unpaired) electrons. The molecule has 2 N–H and O–H groups in total. The highest BCUT2D eigenvalue weighted by Crippen LogP contribution is 2.34. The Labute approximate surface area is 349 Å². The number of imidazole rings is 1. The number of hydrogen-bond acceptors (Lipinski definition) is 10. The van der Waals surface area contributed by atoms with Gasteiger partial charge in [-0.15, -0.1) is 0 Å². The number of piperazine rings is 1. The van der Waals surface area contributed by atoms with Gasteiger partial charge in [0.1, 0.15) is 0 Å². The Morgan fingerprint density at radius 3 is 2.17 bits per heavy atom. The van der Waals surface area contributed by atoms with Crippen molar-refractivity contribution >= 4 is 53.7 Å². The van der Waals surface area contributed by atoms with Gasteiger partial charge in [-0.3, -0.25) is 24.2 Å². The van der Waals surface area contributed by atoms with Crippen LogP contribution >= 0.6 is 11.6 Å². The third-order valence-electron chi connectivity index (χ3n) is 9.09. The van der Waals surface area contributed by atoms with Gasteiger partial charge < -0.3 is 34.3 Å². The lowest BCUT2D eigenvalue weighted by atomic mass is 9.92. The van der Waals surface area contributed by atoms with Gasteiger partial charge in [-0.2, -0.15) is 18.3 Å². The Morgan fingerprint density at radius 2 is 1.63 bits per heavy atom. The minimum atomic E-state index is -4.85. The molecule has 21 heteroatoms. The molecular formula is C39H49ClF5N7O8. The van der Waals surface area contributed by atoms with E-state index in [0.717, 1.165) is 6.42 Å². The van der Waals surface area contributed by atoms with Crippen molar-refractivity contribution in [1.82, 2.24) is 24.4 Å². The number of hydrogen-bond donors (Lipinski definition) is 2. The highest BCUT2D eigenvalue weighted by atomic mass is 35.5. The molecule has 2 unspecified atom stereocenters. The molecule has 5 rings (SSSR count). The van der Waals surface area contributed by atoms with Crippen LogP contribution in [0.2, 0.25) is 5.02 Å². The number of alkyl halides is 3. The number of halogens is 6. The summed E-state index contributed by atoms with van der Waals surface area (Å²) in [6, 6.07) is 7.38. The smallest absolute Gasteiger partial charge is 0.483 e. The molecule has 2 aliphatic heterocycles. The molecule has 1 fully saturated rings. The summed E-state index contributed by atoms with van der Waals surface area (Å²) in [5.74, 6) is -5.46. The van der Waals surface area contributed by atoms with Crippen molar-refractivity contribution < 1.29 is 60.5 Å². The first-order chi connectivity index (χ1) is 28.4. The van der Waals surface area contributed by atoms with Crippen LogP contribution in [0.5, 0.6) is 0 Å². The molecule has 0 aliphatic carbocycles. The maximum absolute atomic E-state index is 15.5. The molecule has 60 heavy (non-hydrogen) atoms. The molecule has 0 spiro atoms. The van der Waals surface area contributed by atoms with E-state index < -0.39 is 35.6 Å². The van der Waals surface area contributed by atoms with Crippen molar-refractivity contribution in [2.24, 2.45) is 12.1 Å². The maximum Gasteiger partial charge on any atom is 0.490 e. The molecule has 3 amide bonds. The summed E-state index contributed by atoms with van der Waals surface area (Å²) in [6.45, 7) is 10.3. The fourth-order valence-corrected chi connectivity index (χ4v) is 6.28. The number of carbonyl (C=O) groups is 5. The van der Waals surface area contributed by atoms with Gasteiger partial charge >= 0.3 is 12.1 Å². The molecule has 330 valence electrons. The Kier molecular flexibility index (Phi) is 20.1. The summed E-state index contributed by atoms with van der Waals surface area (Å²) in [4.78, 5) is 63.9. The number of hydrazone groups is 1. The lowest BCUT2D eigenvalue weighted by Gasteiger charge is -2.35. The van der Waals surface area contributed by atoms with Gasteiger partial charge in [0.25, 0.3) is 18.3 Å². The largest absolute Gasteiger partial charge is 0.490 e. The zero-order valence-electron chi connectivity index (χ0n) is 34.2. The number of rotatable bonds is 10. The molecular weight excluding hydrogens is 825 g/mol. The molecule has 0 saturated carbocycles. The Morgan fingerprint density at radius 1 is 1.02 bits per heavy atom. The summed E-state index contributed by atoms with van der Waals surface area (Å²) in [5, 5.41) is 15.9. The van der Waals surface area contributed by atoms with Crippen molar-refractivity contribution in [2.75, 3.05) is 58.9 Å². The van der Waals surface area contributed by atoms with E-state index in [1.807, 2.05) is 27.7 Å². The number of benzene rings is 2. The lowest BCUT2D eigenvalue weighted by Crippen LogP contribution is -2.50. The van der Waals surface area contributed by atoms with Crippen LogP contribution < -0.4 is 5.32 Å². The first kappa shape index (κ1) is 50.5. The van der Waals surface area contributed by atoms with Crippen LogP contribution in [0, 0.1) is 11.6 Å². The van der Waals surface area contributed by atoms with Crippen LogP contribution in [-0.4, -0.2) is 132 Å². The molecule has 3 aromatic rings. The molecule has 0 bridgehead atoms. The predicted octanol–water partition coefficient (Wildman–Crippen LogP) is 6.22. The van der Waals surface area contributed by atoms with Crippen LogP contribution in [0.4, 0.5) is 27.6 Å². The van der Waals surface area contributed by atoms with Crippen LogP contribution in [0.25, 0.3) is 11.3 Å². The number of nitrogens with zero attached hydrogens (tertiary/aromatic N) is 6. The zero-order chi connectivity index (χ0) is 45.3. The summed E-state index contributed by atoms with van der Waals surface area (Å²) in [5.41, 5.74) is 0.957. The first-order valence-electron chi connectivity index (χ1n) is 18.7. The van der Waals surface area contributed by atoms with Crippen molar-refractivity contribution in [3.8, 4) is 11.3 Å². The van der Waals surface area contributed by atoms with Crippen molar-refractivity contribution in [1.29, 1.82) is 0 Å². The number of anilines is 1. The second kappa shape index (κ2) is 23.8. The van der Waals surface area contributed by atoms with Crippen LogP contribution in [0.15, 0.2) is 41.6 Å². The normalized spacial score (nSPS) is 15.7. The Bertz CT molecular complexity index is 1970. The Balaban J connectivity index is 0.000000836.